The molecule has 0 aliphatic carbocycles. The van der Waals surface area contributed by atoms with Crippen molar-refractivity contribution in [2.24, 2.45) is 0 Å². The zero-order chi connectivity index (χ0) is 13.0. The second-order valence-corrected chi connectivity index (χ2v) is 2.51. The first-order valence-electron chi connectivity index (χ1n) is 4.38. The molecule has 4 nitrogen and oxygen atoms in total. The predicted octanol–water partition coefficient (Wildman–Crippen LogP) is 2.10. The Bertz CT molecular complexity index is 300. The molecule has 0 radical (unpaired) electrons. The first-order valence-corrected chi connectivity index (χ1v) is 4.38. The topological polar surface area (TPSA) is 63.6 Å². The third kappa shape index (κ3) is 11.9. The summed E-state index contributed by atoms with van der Waals surface area (Å²) in [4.78, 5) is 20.0. The van der Waals surface area contributed by atoms with Crippen molar-refractivity contribution in [1.82, 2.24) is 0 Å². The normalized spacial score (nSPS) is 8.56. The molecule has 0 aliphatic rings. The molecule has 0 aliphatic heterocycles. The summed E-state index contributed by atoms with van der Waals surface area (Å²) in [5.74, 6) is -1.34. The Balaban J connectivity index is 0. The summed E-state index contributed by atoms with van der Waals surface area (Å²) in [7, 11) is 1.34. The molecule has 4 heteroatoms. The first-order chi connectivity index (χ1) is 7.49. The quantitative estimate of drug-likeness (QED) is 0.441. The SMILES string of the molecule is C=CC(=O)O.C=CC=CCC(=C)C(=O)OC. The van der Waals surface area contributed by atoms with Gasteiger partial charge in [0, 0.05) is 11.6 Å². The predicted molar refractivity (Wildman–Crippen MR) is 62.9 cm³/mol. The number of rotatable bonds is 5. The Hall–Kier alpha value is -2.10. The molecule has 0 aromatic carbocycles. The van der Waals surface area contributed by atoms with Crippen LogP contribution >= 0.6 is 0 Å². The minimum atomic E-state index is -0.981. The number of carboxylic acids is 1. The van der Waals surface area contributed by atoms with Crippen LogP contribution in [0.2, 0.25) is 0 Å². The Morgan fingerprint density at radius 1 is 1.38 bits per heavy atom. The third-order valence-corrected chi connectivity index (χ3v) is 1.29. The van der Waals surface area contributed by atoms with Gasteiger partial charge in [-0.3, -0.25) is 0 Å². The van der Waals surface area contributed by atoms with Gasteiger partial charge in [0.2, 0.25) is 0 Å². The molecule has 0 aromatic rings. The number of carboxylic acid groups (broad SMARTS) is 1. The molecule has 0 spiro atoms. The maximum Gasteiger partial charge on any atom is 0.333 e. The first kappa shape index (κ1) is 16.3. The molecule has 0 saturated heterocycles. The van der Waals surface area contributed by atoms with E-state index >= 15 is 0 Å². The highest BCUT2D eigenvalue weighted by atomic mass is 16.5. The van der Waals surface area contributed by atoms with Crippen LogP contribution in [0.5, 0.6) is 0 Å². The van der Waals surface area contributed by atoms with Crippen molar-refractivity contribution in [1.29, 1.82) is 0 Å². The lowest BCUT2D eigenvalue weighted by atomic mass is 10.2. The highest BCUT2D eigenvalue weighted by Crippen LogP contribution is 2.00. The molecule has 16 heavy (non-hydrogen) atoms. The van der Waals surface area contributed by atoms with E-state index < -0.39 is 5.97 Å². The van der Waals surface area contributed by atoms with E-state index in [1.54, 1.807) is 18.2 Å². The molecule has 0 saturated carbocycles. The Morgan fingerprint density at radius 2 is 1.88 bits per heavy atom. The molecule has 0 amide bonds. The maximum atomic E-state index is 10.7. The molecular formula is C12H16O4. The number of esters is 1. The van der Waals surface area contributed by atoms with Gasteiger partial charge in [0.25, 0.3) is 0 Å². The fourth-order valence-electron chi connectivity index (χ4n) is 0.534. The van der Waals surface area contributed by atoms with Crippen LogP contribution in [0.1, 0.15) is 6.42 Å². The molecule has 0 heterocycles. The summed E-state index contributed by atoms with van der Waals surface area (Å²) in [6, 6.07) is 0. The minimum absolute atomic E-state index is 0.362. The number of carbonyl (C=O) groups excluding carboxylic acids is 1. The number of carbonyl (C=O) groups is 2. The second-order valence-electron chi connectivity index (χ2n) is 2.51. The van der Waals surface area contributed by atoms with Crippen LogP contribution in [-0.4, -0.2) is 24.2 Å². The summed E-state index contributed by atoms with van der Waals surface area (Å²) in [6.45, 7) is 9.99. The van der Waals surface area contributed by atoms with Gasteiger partial charge in [-0.25, -0.2) is 9.59 Å². The molecular weight excluding hydrogens is 208 g/mol. The van der Waals surface area contributed by atoms with Crippen molar-refractivity contribution in [3.63, 3.8) is 0 Å². The van der Waals surface area contributed by atoms with E-state index in [9.17, 15) is 9.59 Å². The van der Waals surface area contributed by atoms with Crippen molar-refractivity contribution in [3.05, 3.63) is 49.6 Å². The van der Waals surface area contributed by atoms with Crippen LogP contribution in [-0.2, 0) is 14.3 Å². The number of methoxy groups -OCH3 is 1. The molecule has 0 rings (SSSR count). The van der Waals surface area contributed by atoms with E-state index in [1.807, 2.05) is 0 Å². The molecule has 0 bridgehead atoms. The minimum Gasteiger partial charge on any atom is -0.478 e. The number of allylic oxidation sites excluding steroid dienone is 3. The zero-order valence-electron chi connectivity index (χ0n) is 9.31. The summed E-state index contributed by atoms with van der Waals surface area (Å²) in [5.41, 5.74) is 0.450. The number of aliphatic carboxylic acids is 1. The number of hydrogen-bond acceptors (Lipinski definition) is 3. The smallest absolute Gasteiger partial charge is 0.333 e. The van der Waals surface area contributed by atoms with Gasteiger partial charge in [-0.2, -0.15) is 0 Å². The van der Waals surface area contributed by atoms with Crippen molar-refractivity contribution < 1.29 is 19.4 Å². The second kappa shape index (κ2) is 11.0. The maximum absolute atomic E-state index is 10.7. The van der Waals surface area contributed by atoms with Crippen LogP contribution < -0.4 is 0 Å². The van der Waals surface area contributed by atoms with Gasteiger partial charge in [0.15, 0.2) is 0 Å². The van der Waals surface area contributed by atoms with Gasteiger partial charge in [-0.1, -0.05) is 38.0 Å². The summed E-state index contributed by atoms with van der Waals surface area (Å²) >= 11 is 0. The molecule has 0 aromatic heterocycles. The fourth-order valence-corrected chi connectivity index (χ4v) is 0.534. The summed E-state index contributed by atoms with van der Waals surface area (Å²) < 4.78 is 4.44. The van der Waals surface area contributed by atoms with Crippen LogP contribution in [0.3, 0.4) is 0 Å². The van der Waals surface area contributed by atoms with Gasteiger partial charge in [-0.05, 0) is 6.42 Å². The van der Waals surface area contributed by atoms with Gasteiger partial charge >= 0.3 is 11.9 Å². The Kier molecular flexibility index (Phi) is 11.2. The van der Waals surface area contributed by atoms with Crippen LogP contribution in [0.25, 0.3) is 0 Å². The molecule has 1 N–H and O–H groups in total. The third-order valence-electron chi connectivity index (χ3n) is 1.29. The Morgan fingerprint density at radius 3 is 2.19 bits per heavy atom. The number of hydrogen-bond donors (Lipinski definition) is 1. The van der Waals surface area contributed by atoms with Gasteiger partial charge < -0.3 is 9.84 Å². The van der Waals surface area contributed by atoms with Crippen molar-refractivity contribution in [2.45, 2.75) is 6.42 Å². The largest absolute Gasteiger partial charge is 0.478 e. The molecule has 88 valence electrons. The van der Waals surface area contributed by atoms with Gasteiger partial charge in [0.1, 0.15) is 0 Å². The van der Waals surface area contributed by atoms with Gasteiger partial charge in [0.05, 0.1) is 7.11 Å². The van der Waals surface area contributed by atoms with E-state index in [0.29, 0.717) is 12.0 Å². The molecule has 0 unspecified atom stereocenters. The van der Waals surface area contributed by atoms with E-state index in [1.165, 1.54) is 7.11 Å². The fraction of sp³-hybridized carbons (Fsp3) is 0.167. The monoisotopic (exact) mass is 224 g/mol. The average Bonchev–Trinajstić information content (AvgIpc) is 2.28. The lowest BCUT2D eigenvalue weighted by Gasteiger charge is -1.97. The van der Waals surface area contributed by atoms with Crippen LogP contribution in [0.4, 0.5) is 0 Å². The van der Waals surface area contributed by atoms with Crippen LogP contribution in [0.15, 0.2) is 49.6 Å². The van der Waals surface area contributed by atoms with Gasteiger partial charge in [-0.15, -0.1) is 0 Å². The van der Waals surface area contributed by atoms with E-state index in [0.717, 1.165) is 6.08 Å². The Labute approximate surface area is 95.2 Å². The summed E-state index contributed by atoms with van der Waals surface area (Å²) in [5, 5.41) is 7.60. The highest BCUT2D eigenvalue weighted by Gasteiger charge is 2.02. The van der Waals surface area contributed by atoms with E-state index in [-0.39, 0.29) is 5.97 Å². The molecule has 0 fully saturated rings. The standard InChI is InChI=1S/C9H12O2.C3H4O2/c1-4-5-6-7-8(2)9(10)11-3;1-2-3(4)5/h4-6H,1-2,7H2,3H3;2H,1H2,(H,4,5). The average molecular weight is 224 g/mol. The van der Waals surface area contributed by atoms with Crippen LogP contribution in [0, 0.1) is 0 Å². The van der Waals surface area contributed by atoms with E-state index in [4.69, 9.17) is 5.11 Å². The van der Waals surface area contributed by atoms with Crippen molar-refractivity contribution in [2.75, 3.05) is 7.11 Å². The van der Waals surface area contributed by atoms with Crippen molar-refractivity contribution in [3.8, 4) is 0 Å². The lowest BCUT2D eigenvalue weighted by Crippen LogP contribution is -2.02. The molecule has 0 atom stereocenters. The number of ether oxygens (including phenoxy) is 1. The van der Waals surface area contributed by atoms with E-state index in [2.05, 4.69) is 24.5 Å². The van der Waals surface area contributed by atoms with Crippen molar-refractivity contribution >= 4 is 11.9 Å². The summed E-state index contributed by atoms with van der Waals surface area (Å²) in [6.07, 6.45) is 6.55. The highest BCUT2D eigenvalue weighted by molar-refractivity contribution is 5.87. The lowest BCUT2D eigenvalue weighted by molar-refractivity contribution is -0.136. The zero-order valence-corrected chi connectivity index (χ0v) is 9.31.